The third kappa shape index (κ3) is 3.61. The standard InChI is InChI=1S/C18H28O3/c1-18(2,16(20)14-11-7-4-8-12-14)17(21)15(19)13-9-5-3-6-10-13/h13-14H,3-12H2,1-2H3. The molecular formula is C18H28O3. The zero-order valence-electron chi connectivity index (χ0n) is 13.5. The maximum atomic E-state index is 12.7. The molecule has 0 aromatic carbocycles. The van der Waals surface area contributed by atoms with Crippen LogP contribution >= 0.6 is 0 Å². The Bertz CT molecular complexity index is 410. The van der Waals surface area contributed by atoms with Crippen LogP contribution in [0.25, 0.3) is 0 Å². The fourth-order valence-electron chi connectivity index (χ4n) is 3.85. The SMILES string of the molecule is CC(C)(C(=O)C(=O)C1CCCCC1)C(=O)C1CCCCC1. The maximum Gasteiger partial charge on any atom is 0.211 e. The van der Waals surface area contributed by atoms with E-state index in [1.807, 2.05) is 0 Å². The number of ketones is 3. The molecule has 0 aliphatic heterocycles. The van der Waals surface area contributed by atoms with Crippen LogP contribution in [0, 0.1) is 17.3 Å². The molecule has 2 fully saturated rings. The molecule has 0 aromatic heterocycles. The molecule has 0 amide bonds. The second-order valence-electron chi connectivity index (χ2n) is 7.35. The van der Waals surface area contributed by atoms with Gasteiger partial charge in [0.15, 0.2) is 0 Å². The van der Waals surface area contributed by atoms with Gasteiger partial charge in [0, 0.05) is 11.8 Å². The van der Waals surface area contributed by atoms with Crippen molar-refractivity contribution in [3.63, 3.8) is 0 Å². The predicted molar refractivity (Wildman–Crippen MR) is 82.0 cm³/mol. The molecular weight excluding hydrogens is 264 g/mol. The van der Waals surface area contributed by atoms with E-state index in [9.17, 15) is 14.4 Å². The molecule has 2 rings (SSSR count). The number of hydrogen-bond donors (Lipinski definition) is 0. The minimum absolute atomic E-state index is 0.00337. The minimum atomic E-state index is -1.13. The Morgan fingerprint density at radius 2 is 1.14 bits per heavy atom. The predicted octanol–water partition coefficient (Wildman–Crippen LogP) is 3.88. The Hall–Kier alpha value is -0.990. The zero-order valence-corrected chi connectivity index (χ0v) is 13.5. The fourth-order valence-corrected chi connectivity index (χ4v) is 3.85. The van der Waals surface area contributed by atoms with Crippen molar-refractivity contribution in [1.29, 1.82) is 0 Å². The summed E-state index contributed by atoms with van der Waals surface area (Å²) in [6.07, 6.45) is 9.92. The summed E-state index contributed by atoms with van der Waals surface area (Å²) < 4.78 is 0. The lowest BCUT2D eigenvalue weighted by Gasteiger charge is -2.30. The van der Waals surface area contributed by atoms with Gasteiger partial charge in [-0.15, -0.1) is 0 Å². The Balaban J connectivity index is 2.04. The molecule has 0 unspecified atom stereocenters. The van der Waals surface area contributed by atoms with E-state index in [1.54, 1.807) is 13.8 Å². The zero-order chi connectivity index (χ0) is 15.5. The lowest BCUT2D eigenvalue weighted by atomic mass is 9.70. The summed E-state index contributed by atoms with van der Waals surface area (Å²) in [6.45, 7) is 3.32. The minimum Gasteiger partial charge on any atom is -0.298 e. The van der Waals surface area contributed by atoms with Gasteiger partial charge in [0.2, 0.25) is 11.6 Å². The Morgan fingerprint density at radius 3 is 1.62 bits per heavy atom. The van der Waals surface area contributed by atoms with Crippen LogP contribution in [0.3, 0.4) is 0 Å². The molecule has 2 saturated carbocycles. The van der Waals surface area contributed by atoms with E-state index >= 15 is 0 Å². The quantitative estimate of drug-likeness (QED) is 0.570. The van der Waals surface area contributed by atoms with Crippen molar-refractivity contribution in [3.05, 3.63) is 0 Å². The van der Waals surface area contributed by atoms with Gasteiger partial charge in [-0.3, -0.25) is 14.4 Å². The van der Waals surface area contributed by atoms with E-state index < -0.39 is 11.2 Å². The van der Waals surface area contributed by atoms with Gasteiger partial charge in [-0.25, -0.2) is 0 Å². The number of carbonyl (C=O) groups is 3. The van der Waals surface area contributed by atoms with Crippen LogP contribution in [0.1, 0.15) is 78.1 Å². The van der Waals surface area contributed by atoms with Gasteiger partial charge in [0.25, 0.3) is 0 Å². The van der Waals surface area contributed by atoms with E-state index in [1.165, 1.54) is 6.42 Å². The Morgan fingerprint density at radius 1 is 0.714 bits per heavy atom. The summed E-state index contributed by atoms with van der Waals surface area (Å²) in [4.78, 5) is 37.7. The first-order valence-corrected chi connectivity index (χ1v) is 8.57. The normalized spacial score (nSPS) is 22.0. The van der Waals surface area contributed by atoms with Crippen molar-refractivity contribution in [3.8, 4) is 0 Å². The summed E-state index contributed by atoms with van der Waals surface area (Å²) >= 11 is 0. The Labute approximate surface area is 127 Å². The van der Waals surface area contributed by atoms with Crippen LogP contribution < -0.4 is 0 Å². The van der Waals surface area contributed by atoms with Crippen molar-refractivity contribution in [2.24, 2.45) is 17.3 Å². The lowest BCUT2D eigenvalue weighted by molar-refractivity contribution is -0.150. The van der Waals surface area contributed by atoms with Crippen molar-refractivity contribution in [2.45, 2.75) is 78.1 Å². The van der Waals surface area contributed by atoms with E-state index in [2.05, 4.69) is 0 Å². The van der Waals surface area contributed by atoms with Crippen LogP contribution in [-0.4, -0.2) is 17.3 Å². The third-order valence-electron chi connectivity index (χ3n) is 5.36. The van der Waals surface area contributed by atoms with Crippen LogP contribution in [-0.2, 0) is 14.4 Å². The Kier molecular flexibility index (Phi) is 5.34. The largest absolute Gasteiger partial charge is 0.298 e. The van der Waals surface area contributed by atoms with E-state index in [4.69, 9.17) is 0 Å². The van der Waals surface area contributed by atoms with Crippen LogP contribution in [0.5, 0.6) is 0 Å². The average Bonchev–Trinajstić information content (AvgIpc) is 2.54. The summed E-state index contributed by atoms with van der Waals surface area (Å²) in [5.74, 6) is -0.883. The second kappa shape index (κ2) is 6.85. The summed E-state index contributed by atoms with van der Waals surface area (Å²) in [7, 11) is 0. The number of Topliss-reactive ketones (excluding diaryl/α,β-unsaturated/α-hetero) is 3. The first-order valence-electron chi connectivity index (χ1n) is 8.57. The molecule has 0 atom stereocenters. The molecule has 2 aliphatic carbocycles. The lowest BCUT2D eigenvalue weighted by Crippen LogP contribution is -2.44. The van der Waals surface area contributed by atoms with Gasteiger partial charge in [-0.05, 0) is 39.5 Å². The first-order chi connectivity index (χ1) is 9.94. The molecule has 2 aliphatic rings. The van der Waals surface area contributed by atoms with Gasteiger partial charge < -0.3 is 0 Å². The van der Waals surface area contributed by atoms with Gasteiger partial charge in [-0.1, -0.05) is 38.5 Å². The highest BCUT2D eigenvalue weighted by molar-refractivity contribution is 6.43. The molecule has 0 spiro atoms. The van der Waals surface area contributed by atoms with Crippen LogP contribution in [0.2, 0.25) is 0 Å². The van der Waals surface area contributed by atoms with Crippen LogP contribution in [0.15, 0.2) is 0 Å². The molecule has 3 heteroatoms. The number of rotatable bonds is 5. The molecule has 118 valence electrons. The number of carbonyl (C=O) groups excluding carboxylic acids is 3. The van der Waals surface area contributed by atoms with E-state index in [0.717, 1.165) is 57.8 Å². The molecule has 0 bridgehead atoms. The van der Waals surface area contributed by atoms with Crippen LogP contribution in [0.4, 0.5) is 0 Å². The maximum absolute atomic E-state index is 12.7. The molecule has 0 saturated heterocycles. The topological polar surface area (TPSA) is 51.2 Å². The fraction of sp³-hybridized carbons (Fsp3) is 0.833. The molecule has 0 heterocycles. The molecule has 0 N–H and O–H groups in total. The van der Waals surface area contributed by atoms with E-state index in [-0.39, 0.29) is 23.4 Å². The smallest absolute Gasteiger partial charge is 0.211 e. The van der Waals surface area contributed by atoms with Crippen molar-refractivity contribution in [1.82, 2.24) is 0 Å². The first kappa shape index (κ1) is 16.4. The van der Waals surface area contributed by atoms with Crippen molar-refractivity contribution >= 4 is 17.3 Å². The molecule has 0 aromatic rings. The van der Waals surface area contributed by atoms with Crippen molar-refractivity contribution in [2.75, 3.05) is 0 Å². The van der Waals surface area contributed by atoms with Gasteiger partial charge in [-0.2, -0.15) is 0 Å². The highest BCUT2D eigenvalue weighted by atomic mass is 16.2. The molecule has 21 heavy (non-hydrogen) atoms. The average molecular weight is 292 g/mol. The highest BCUT2D eigenvalue weighted by Crippen LogP contribution is 2.34. The monoisotopic (exact) mass is 292 g/mol. The van der Waals surface area contributed by atoms with Crippen molar-refractivity contribution < 1.29 is 14.4 Å². The van der Waals surface area contributed by atoms with Gasteiger partial charge in [0.1, 0.15) is 5.78 Å². The summed E-state index contributed by atoms with van der Waals surface area (Å²) in [5.41, 5.74) is -1.13. The molecule has 3 nitrogen and oxygen atoms in total. The summed E-state index contributed by atoms with van der Waals surface area (Å²) in [5, 5.41) is 0. The van der Waals surface area contributed by atoms with Gasteiger partial charge in [0.05, 0.1) is 5.41 Å². The molecule has 0 radical (unpaired) electrons. The van der Waals surface area contributed by atoms with E-state index in [0.29, 0.717) is 0 Å². The highest BCUT2D eigenvalue weighted by Gasteiger charge is 2.44. The third-order valence-corrected chi connectivity index (χ3v) is 5.36. The second-order valence-corrected chi connectivity index (χ2v) is 7.35. The van der Waals surface area contributed by atoms with Gasteiger partial charge >= 0.3 is 0 Å². The summed E-state index contributed by atoms with van der Waals surface area (Å²) in [6, 6.07) is 0. The number of hydrogen-bond acceptors (Lipinski definition) is 3.